The van der Waals surface area contributed by atoms with E-state index in [1.54, 1.807) is 41.3 Å². The Morgan fingerprint density at radius 3 is 1.91 bits per heavy atom. The highest BCUT2D eigenvalue weighted by molar-refractivity contribution is 6.31. The van der Waals surface area contributed by atoms with E-state index in [0.29, 0.717) is 16.4 Å². The van der Waals surface area contributed by atoms with E-state index in [-0.39, 0.29) is 48.3 Å². The summed E-state index contributed by atoms with van der Waals surface area (Å²) >= 11 is 6.26. The molecule has 3 atom stereocenters. The summed E-state index contributed by atoms with van der Waals surface area (Å²) in [4.78, 5) is 57.0. The van der Waals surface area contributed by atoms with Crippen LogP contribution >= 0.6 is 11.6 Å². The second-order valence-electron chi connectivity index (χ2n) is 12.0. The number of ether oxygens (including phenoxy) is 1. The van der Waals surface area contributed by atoms with Gasteiger partial charge in [-0.2, -0.15) is 0 Å². The fraction of sp³-hybridized carbons (Fsp3) is 0.222. The van der Waals surface area contributed by atoms with Crippen molar-refractivity contribution < 1.29 is 23.9 Å². The summed E-state index contributed by atoms with van der Waals surface area (Å²) in [5, 5.41) is 0.546. The standard InChI is InChI=1S/C36H27ClN2O5/c1-19-13-14-21(17-28(19)37)38-18-20(15-29(38)40)36(43)44-23-8-6-7-22(16-23)39-34(41)32-30-24-9-2-3-10-25(24)31(33(32)35(39)42)27-12-5-4-11-26(27)30/h2-14,16-17,20,30-33H,15,18H2,1H3/t20-,30?,31?,32+,33+/m1/s1. The van der Waals surface area contributed by atoms with Crippen LogP contribution in [-0.2, 0) is 19.2 Å². The first-order chi connectivity index (χ1) is 21.3. The number of halogens is 1. The van der Waals surface area contributed by atoms with E-state index >= 15 is 0 Å². The Balaban J connectivity index is 1.05. The number of hydrogen-bond acceptors (Lipinski definition) is 5. The summed E-state index contributed by atoms with van der Waals surface area (Å²) in [5.74, 6) is -3.09. The fourth-order valence-corrected chi connectivity index (χ4v) is 7.86. The highest BCUT2D eigenvalue weighted by Gasteiger charge is 2.61. The number of hydrogen-bond donors (Lipinski definition) is 0. The number of carbonyl (C=O) groups excluding carboxylic acids is 4. The third-order valence-electron chi connectivity index (χ3n) is 9.67. The lowest BCUT2D eigenvalue weighted by Gasteiger charge is -2.45. The molecule has 4 aromatic carbocycles. The summed E-state index contributed by atoms with van der Waals surface area (Å²) in [5.41, 5.74) is 6.33. The largest absolute Gasteiger partial charge is 0.426 e. The molecule has 0 unspecified atom stereocenters. The van der Waals surface area contributed by atoms with E-state index in [1.807, 2.05) is 37.3 Å². The lowest BCUT2D eigenvalue weighted by molar-refractivity contribution is -0.139. The van der Waals surface area contributed by atoms with Crippen molar-refractivity contribution in [3.05, 3.63) is 124 Å². The minimum Gasteiger partial charge on any atom is -0.426 e. The summed E-state index contributed by atoms with van der Waals surface area (Å²) in [7, 11) is 0. The molecule has 2 bridgehead atoms. The van der Waals surface area contributed by atoms with E-state index in [0.717, 1.165) is 27.8 Å². The number of aryl methyl sites for hydroxylation is 1. The maximum Gasteiger partial charge on any atom is 0.316 e. The molecule has 0 radical (unpaired) electrons. The van der Waals surface area contributed by atoms with Crippen molar-refractivity contribution in [1.29, 1.82) is 0 Å². The van der Waals surface area contributed by atoms with Gasteiger partial charge in [0.2, 0.25) is 17.7 Å². The van der Waals surface area contributed by atoms with E-state index < -0.39 is 23.7 Å². The Hall–Kier alpha value is -4.75. The molecule has 0 saturated carbocycles. The van der Waals surface area contributed by atoms with Gasteiger partial charge in [0.05, 0.1) is 23.4 Å². The molecule has 3 aliphatic carbocycles. The molecule has 7 nitrogen and oxygen atoms in total. The van der Waals surface area contributed by atoms with Crippen LogP contribution in [0.2, 0.25) is 5.02 Å². The highest BCUT2D eigenvalue weighted by atomic mass is 35.5. The number of carbonyl (C=O) groups is 4. The molecule has 2 aliphatic heterocycles. The monoisotopic (exact) mass is 602 g/mol. The normalized spacial score (nSPS) is 24.8. The molecule has 8 heteroatoms. The molecule has 9 rings (SSSR count). The first-order valence-corrected chi connectivity index (χ1v) is 15.1. The number of benzene rings is 4. The summed E-state index contributed by atoms with van der Waals surface area (Å²) in [6, 6.07) is 28.1. The summed E-state index contributed by atoms with van der Waals surface area (Å²) in [6.07, 6.45) is 0.0143. The SMILES string of the molecule is Cc1ccc(N2C[C@H](C(=O)Oc3cccc(N4C(=O)[C@H]5C6c7ccccc7C(c7ccccc76)[C@@H]5C4=O)c3)CC2=O)cc1Cl. The predicted molar refractivity (Wildman–Crippen MR) is 165 cm³/mol. The van der Waals surface area contributed by atoms with Gasteiger partial charge in [-0.05, 0) is 59.0 Å². The van der Waals surface area contributed by atoms with E-state index in [2.05, 4.69) is 24.3 Å². The van der Waals surface area contributed by atoms with Crippen molar-refractivity contribution >= 4 is 46.7 Å². The second kappa shape index (κ2) is 9.89. The van der Waals surface area contributed by atoms with Crippen LogP contribution in [0.3, 0.4) is 0 Å². The lowest BCUT2D eigenvalue weighted by atomic mass is 9.55. The molecular formula is C36H27ClN2O5. The first kappa shape index (κ1) is 26.8. The van der Waals surface area contributed by atoms with Gasteiger partial charge in [-0.15, -0.1) is 0 Å². The molecule has 218 valence electrons. The zero-order valence-electron chi connectivity index (χ0n) is 23.8. The van der Waals surface area contributed by atoms with Gasteiger partial charge in [-0.25, -0.2) is 4.90 Å². The van der Waals surface area contributed by atoms with Crippen LogP contribution in [0, 0.1) is 24.7 Å². The third kappa shape index (κ3) is 3.88. The minimum absolute atomic E-state index is 0.0143. The van der Waals surface area contributed by atoms with Crippen LogP contribution in [0.4, 0.5) is 11.4 Å². The van der Waals surface area contributed by atoms with Crippen molar-refractivity contribution in [2.24, 2.45) is 17.8 Å². The molecule has 3 amide bonds. The molecule has 0 N–H and O–H groups in total. The first-order valence-electron chi connectivity index (χ1n) is 14.8. The molecule has 44 heavy (non-hydrogen) atoms. The highest BCUT2D eigenvalue weighted by Crippen LogP contribution is 2.61. The van der Waals surface area contributed by atoms with Crippen LogP contribution < -0.4 is 14.5 Å². The maximum absolute atomic E-state index is 14.1. The Morgan fingerprint density at radius 2 is 1.34 bits per heavy atom. The Labute approximate surface area is 259 Å². The van der Waals surface area contributed by atoms with Crippen molar-refractivity contribution in [2.45, 2.75) is 25.2 Å². The number of amides is 3. The average Bonchev–Trinajstić information content (AvgIpc) is 3.55. The Morgan fingerprint density at radius 1 is 0.750 bits per heavy atom. The molecular weight excluding hydrogens is 576 g/mol. The zero-order valence-corrected chi connectivity index (χ0v) is 24.5. The average molecular weight is 603 g/mol. The van der Waals surface area contributed by atoms with Gasteiger partial charge in [-0.3, -0.25) is 19.2 Å². The van der Waals surface area contributed by atoms with Crippen LogP contribution in [0.25, 0.3) is 0 Å². The lowest BCUT2D eigenvalue weighted by Crippen LogP contribution is -2.41. The molecule has 5 aliphatic rings. The Kier molecular flexibility index (Phi) is 6.04. The van der Waals surface area contributed by atoms with Gasteiger partial charge in [0, 0.05) is 41.6 Å². The van der Waals surface area contributed by atoms with Crippen molar-refractivity contribution in [2.75, 3.05) is 16.3 Å². The van der Waals surface area contributed by atoms with Crippen LogP contribution in [0.5, 0.6) is 5.75 Å². The van der Waals surface area contributed by atoms with Gasteiger partial charge in [0.25, 0.3) is 0 Å². The number of esters is 1. The second-order valence-corrected chi connectivity index (χ2v) is 12.4. The number of nitrogens with zero attached hydrogens (tertiary/aromatic N) is 2. The van der Waals surface area contributed by atoms with Crippen LogP contribution in [-0.4, -0.2) is 30.2 Å². The molecule has 0 spiro atoms. The quantitative estimate of drug-likeness (QED) is 0.162. The van der Waals surface area contributed by atoms with Gasteiger partial charge in [-0.1, -0.05) is 72.3 Å². The fourth-order valence-electron chi connectivity index (χ4n) is 7.68. The molecule has 2 fully saturated rings. The predicted octanol–water partition coefficient (Wildman–Crippen LogP) is 6.00. The molecule has 2 saturated heterocycles. The van der Waals surface area contributed by atoms with E-state index in [9.17, 15) is 19.2 Å². The summed E-state index contributed by atoms with van der Waals surface area (Å²) in [6.45, 7) is 2.05. The maximum atomic E-state index is 14.1. The van der Waals surface area contributed by atoms with Crippen LogP contribution in [0.15, 0.2) is 91.0 Å². The minimum atomic E-state index is -0.670. The van der Waals surface area contributed by atoms with Gasteiger partial charge in [0.1, 0.15) is 5.75 Å². The molecule has 4 aromatic rings. The van der Waals surface area contributed by atoms with E-state index in [1.165, 1.54) is 4.90 Å². The summed E-state index contributed by atoms with van der Waals surface area (Å²) < 4.78 is 5.73. The van der Waals surface area contributed by atoms with Gasteiger partial charge >= 0.3 is 5.97 Å². The number of imide groups is 1. The molecule has 0 aromatic heterocycles. The third-order valence-corrected chi connectivity index (χ3v) is 10.1. The van der Waals surface area contributed by atoms with Crippen molar-refractivity contribution in [1.82, 2.24) is 0 Å². The van der Waals surface area contributed by atoms with E-state index in [4.69, 9.17) is 16.3 Å². The number of anilines is 2. The smallest absolute Gasteiger partial charge is 0.316 e. The topological polar surface area (TPSA) is 84.0 Å². The Bertz CT molecular complexity index is 1800. The van der Waals surface area contributed by atoms with Crippen LogP contribution in [0.1, 0.15) is 46.1 Å². The van der Waals surface area contributed by atoms with Gasteiger partial charge < -0.3 is 9.64 Å². The number of rotatable bonds is 4. The van der Waals surface area contributed by atoms with Gasteiger partial charge in [0.15, 0.2) is 0 Å². The van der Waals surface area contributed by atoms with Crippen molar-refractivity contribution in [3.8, 4) is 5.75 Å². The molecule has 2 heterocycles. The van der Waals surface area contributed by atoms with Crippen molar-refractivity contribution in [3.63, 3.8) is 0 Å². The zero-order chi connectivity index (χ0) is 30.3.